The van der Waals surface area contributed by atoms with Crippen LogP contribution in [0.25, 0.3) is 0 Å². The van der Waals surface area contributed by atoms with Crippen LogP contribution in [0.2, 0.25) is 0 Å². The van der Waals surface area contributed by atoms with Crippen molar-refractivity contribution in [2.45, 2.75) is 44.1 Å². The van der Waals surface area contributed by atoms with Crippen molar-refractivity contribution in [2.75, 3.05) is 13.1 Å². The Bertz CT molecular complexity index is 203. The minimum absolute atomic E-state index is 0.0908. The first kappa shape index (κ1) is 9.00. The van der Waals surface area contributed by atoms with E-state index in [2.05, 4.69) is 4.90 Å². The van der Waals surface area contributed by atoms with Gasteiger partial charge in [-0.3, -0.25) is 9.69 Å². The Morgan fingerprint density at radius 1 is 1.08 bits per heavy atom. The second kappa shape index (κ2) is 3.29. The zero-order valence-corrected chi connectivity index (χ0v) is 8.09. The first-order valence-corrected chi connectivity index (χ1v) is 5.31. The molecular formula is C10H18N2O. The van der Waals surface area contributed by atoms with Crippen molar-refractivity contribution in [3.05, 3.63) is 0 Å². The van der Waals surface area contributed by atoms with E-state index in [1.54, 1.807) is 0 Å². The van der Waals surface area contributed by atoms with Crippen molar-refractivity contribution in [3.8, 4) is 0 Å². The molecule has 13 heavy (non-hydrogen) atoms. The van der Waals surface area contributed by atoms with Crippen molar-refractivity contribution in [2.24, 2.45) is 5.73 Å². The van der Waals surface area contributed by atoms with E-state index in [1.807, 2.05) is 0 Å². The van der Waals surface area contributed by atoms with Gasteiger partial charge in [0.15, 0.2) is 0 Å². The Hall–Kier alpha value is -0.570. The monoisotopic (exact) mass is 182 g/mol. The number of piperidine rings is 2. The lowest BCUT2D eigenvalue weighted by molar-refractivity contribution is -0.135. The number of hydrogen-bond acceptors (Lipinski definition) is 2. The van der Waals surface area contributed by atoms with Gasteiger partial charge in [-0.2, -0.15) is 0 Å². The van der Waals surface area contributed by atoms with Crippen LogP contribution < -0.4 is 5.73 Å². The van der Waals surface area contributed by atoms with Gasteiger partial charge in [-0.1, -0.05) is 0 Å². The molecule has 3 heteroatoms. The normalized spacial score (nSPS) is 28.0. The molecule has 2 rings (SSSR count). The molecule has 2 saturated heterocycles. The number of fused-ring (bicyclic) bond motifs is 1. The summed E-state index contributed by atoms with van der Waals surface area (Å²) < 4.78 is 0. The minimum atomic E-state index is -0.253. The van der Waals surface area contributed by atoms with Crippen LogP contribution in [0, 0.1) is 0 Å². The zero-order chi connectivity index (χ0) is 9.31. The summed E-state index contributed by atoms with van der Waals surface area (Å²) in [5.41, 5.74) is 5.28. The van der Waals surface area contributed by atoms with Crippen LogP contribution in [-0.2, 0) is 4.79 Å². The maximum absolute atomic E-state index is 11.5. The molecule has 2 heterocycles. The molecule has 0 atom stereocenters. The van der Waals surface area contributed by atoms with Gasteiger partial charge in [0.25, 0.3) is 0 Å². The summed E-state index contributed by atoms with van der Waals surface area (Å²) >= 11 is 0. The lowest BCUT2D eigenvalue weighted by atomic mass is 9.79. The summed E-state index contributed by atoms with van der Waals surface area (Å²) in [5, 5.41) is 0. The third-order valence-corrected chi connectivity index (χ3v) is 3.60. The first-order chi connectivity index (χ1) is 6.26. The van der Waals surface area contributed by atoms with Crippen LogP contribution >= 0.6 is 0 Å². The molecule has 0 aromatic heterocycles. The summed E-state index contributed by atoms with van der Waals surface area (Å²) in [6.07, 6.45) is 6.77. The summed E-state index contributed by atoms with van der Waals surface area (Å²) in [4.78, 5) is 13.8. The SMILES string of the molecule is NC(=O)C12CCCCN1CCCC2. The van der Waals surface area contributed by atoms with Gasteiger partial charge in [-0.05, 0) is 51.6 Å². The summed E-state index contributed by atoms with van der Waals surface area (Å²) in [5.74, 6) is -0.0908. The van der Waals surface area contributed by atoms with Crippen molar-refractivity contribution in [1.29, 1.82) is 0 Å². The highest BCUT2D eigenvalue weighted by Crippen LogP contribution is 2.35. The molecule has 2 aliphatic rings. The molecule has 74 valence electrons. The first-order valence-electron chi connectivity index (χ1n) is 5.31. The predicted octanol–water partition coefficient (Wildman–Crippen LogP) is 0.880. The molecule has 0 radical (unpaired) electrons. The van der Waals surface area contributed by atoms with Crippen molar-refractivity contribution < 1.29 is 4.79 Å². The quantitative estimate of drug-likeness (QED) is 0.654. The zero-order valence-electron chi connectivity index (χ0n) is 8.09. The molecule has 1 amide bonds. The topological polar surface area (TPSA) is 46.3 Å². The molecule has 2 N–H and O–H groups in total. The number of nitrogens with two attached hydrogens (primary N) is 1. The van der Waals surface area contributed by atoms with E-state index in [-0.39, 0.29) is 11.4 Å². The van der Waals surface area contributed by atoms with Crippen molar-refractivity contribution in [3.63, 3.8) is 0 Å². The van der Waals surface area contributed by atoms with Crippen LogP contribution in [0.3, 0.4) is 0 Å². The van der Waals surface area contributed by atoms with E-state index in [9.17, 15) is 4.79 Å². The fourth-order valence-corrected chi connectivity index (χ4v) is 2.82. The van der Waals surface area contributed by atoms with Gasteiger partial charge in [0.05, 0.1) is 0 Å². The number of carbonyl (C=O) groups is 1. The van der Waals surface area contributed by atoms with Gasteiger partial charge < -0.3 is 5.73 Å². The highest BCUT2D eigenvalue weighted by Gasteiger charge is 2.44. The summed E-state index contributed by atoms with van der Waals surface area (Å²) in [6.45, 7) is 2.14. The number of amides is 1. The Morgan fingerprint density at radius 3 is 2.00 bits per heavy atom. The highest BCUT2D eigenvalue weighted by atomic mass is 16.1. The molecule has 3 nitrogen and oxygen atoms in total. The maximum Gasteiger partial charge on any atom is 0.237 e. The van der Waals surface area contributed by atoms with E-state index < -0.39 is 0 Å². The number of rotatable bonds is 1. The fourth-order valence-electron chi connectivity index (χ4n) is 2.82. The number of hydrogen-bond donors (Lipinski definition) is 1. The van der Waals surface area contributed by atoms with Gasteiger partial charge in [0.2, 0.25) is 5.91 Å². The van der Waals surface area contributed by atoms with E-state index in [0.29, 0.717) is 0 Å². The number of primary amides is 1. The molecule has 0 unspecified atom stereocenters. The predicted molar refractivity (Wildman–Crippen MR) is 51.2 cm³/mol. The van der Waals surface area contributed by atoms with E-state index in [0.717, 1.165) is 25.9 Å². The molecule has 0 aromatic rings. The van der Waals surface area contributed by atoms with Crippen LogP contribution in [-0.4, -0.2) is 29.4 Å². The van der Waals surface area contributed by atoms with Crippen LogP contribution in [0.15, 0.2) is 0 Å². The molecular weight excluding hydrogens is 164 g/mol. The van der Waals surface area contributed by atoms with Crippen LogP contribution in [0.4, 0.5) is 0 Å². The smallest absolute Gasteiger partial charge is 0.237 e. The number of carbonyl (C=O) groups excluding carboxylic acids is 1. The molecule has 0 bridgehead atoms. The maximum atomic E-state index is 11.5. The Balaban J connectivity index is 2.21. The van der Waals surface area contributed by atoms with Crippen LogP contribution in [0.5, 0.6) is 0 Å². The second-order valence-corrected chi connectivity index (χ2v) is 4.30. The van der Waals surface area contributed by atoms with Crippen molar-refractivity contribution >= 4 is 5.91 Å². The van der Waals surface area contributed by atoms with E-state index >= 15 is 0 Å². The molecule has 2 aliphatic heterocycles. The fraction of sp³-hybridized carbons (Fsp3) is 0.900. The molecule has 2 fully saturated rings. The van der Waals surface area contributed by atoms with Gasteiger partial charge in [-0.25, -0.2) is 0 Å². The average molecular weight is 182 g/mol. The summed E-state index contributed by atoms with van der Waals surface area (Å²) in [7, 11) is 0. The molecule has 0 spiro atoms. The third-order valence-electron chi connectivity index (χ3n) is 3.60. The largest absolute Gasteiger partial charge is 0.368 e. The molecule has 0 aromatic carbocycles. The Labute approximate surface area is 79.3 Å². The lowest BCUT2D eigenvalue weighted by Gasteiger charge is -2.48. The summed E-state index contributed by atoms with van der Waals surface area (Å²) in [6, 6.07) is 0. The van der Waals surface area contributed by atoms with Gasteiger partial charge in [0, 0.05) is 0 Å². The van der Waals surface area contributed by atoms with E-state index in [1.165, 1.54) is 25.7 Å². The van der Waals surface area contributed by atoms with Crippen LogP contribution in [0.1, 0.15) is 38.5 Å². The van der Waals surface area contributed by atoms with Gasteiger partial charge in [-0.15, -0.1) is 0 Å². The third kappa shape index (κ3) is 1.35. The Kier molecular flexibility index (Phi) is 2.28. The average Bonchev–Trinajstić information content (AvgIpc) is 2.17. The molecule has 0 aliphatic carbocycles. The van der Waals surface area contributed by atoms with Gasteiger partial charge >= 0.3 is 0 Å². The second-order valence-electron chi connectivity index (χ2n) is 4.30. The molecule has 0 saturated carbocycles. The Morgan fingerprint density at radius 2 is 1.62 bits per heavy atom. The lowest BCUT2D eigenvalue weighted by Crippen LogP contribution is -2.61. The number of nitrogens with zero attached hydrogens (tertiary/aromatic N) is 1. The van der Waals surface area contributed by atoms with E-state index in [4.69, 9.17) is 5.73 Å². The van der Waals surface area contributed by atoms with Gasteiger partial charge in [0.1, 0.15) is 5.54 Å². The highest BCUT2D eigenvalue weighted by molar-refractivity contribution is 5.84. The van der Waals surface area contributed by atoms with Crippen molar-refractivity contribution in [1.82, 2.24) is 4.90 Å². The standard InChI is InChI=1S/C10H18N2O/c11-9(13)10-5-1-3-7-12(10)8-4-2-6-10/h1-8H2,(H2,11,13). The minimum Gasteiger partial charge on any atom is -0.368 e.